The Hall–Kier alpha value is -1.88. The molecule has 0 unspecified atom stereocenters. The van der Waals surface area contributed by atoms with Crippen molar-refractivity contribution in [3.05, 3.63) is 35.4 Å². The van der Waals surface area contributed by atoms with E-state index in [9.17, 15) is 9.59 Å². The van der Waals surface area contributed by atoms with Crippen molar-refractivity contribution in [2.45, 2.75) is 32.2 Å². The quantitative estimate of drug-likeness (QED) is 0.903. The van der Waals surface area contributed by atoms with E-state index in [1.54, 1.807) is 38.4 Å². The second-order valence-corrected chi connectivity index (χ2v) is 6.26. The summed E-state index contributed by atoms with van der Waals surface area (Å²) in [6, 6.07) is 7.32. The normalized spacial score (nSPS) is 15.3. The second-order valence-electron chi connectivity index (χ2n) is 6.26. The van der Waals surface area contributed by atoms with Crippen LogP contribution in [0.2, 0.25) is 0 Å². The van der Waals surface area contributed by atoms with Crippen LogP contribution in [0.3, 0.4) is 0 Å². The van der Waals surface area contributed by atoms with Gasteiger partial charge in [0, 0.05) is 37.8 Å². The molecule has 1 fully saturated rings. The van der Waals surface area contributed by atoms with Gasteiger partial charge in [-0.05, 0) is 56.6 Å². The fourth-order valence-corrected chi connectivity index (χ4v) is 2.99. The van der Waals surface area contributed by atoms with Crippen molar-refractivity contribution in [2.75, 3.05) is 33.7 Å². The van der Waals surface area contributed by atoms with Crippen molar-refractivity contribution < 1.29 is 9.59 Å². The summed E-state index contributed by atoms with van der Waals surface area (Å²) in [4.78, 5) is 28.3. The number of nitrogens with zero attached hydrogens (tertiary/aromatic N) is 2. The molecule has 0 spiro atoms. The van der Waals surface area contributed by atoms with Crippen molar-refractivity contribution in [2.24, 2.45) is 0 Å². The lowest BCUT2D eigenvalue weighted by Gasteiger charge is -2.34. The molecule has 5 heteroatoms. The number of nitrogens with one attached hydrogen (secondary N) is 1. The Labute approximate surface area is 138 Å². The van der Waals surface area contributed by atoms with Gasteiger partial charge in [0.15, 0.2) is 0 Å². The molecular weight excluding hydrogens is 290 g/mol. The Bertz CT molecular complexity index is 534. The number of carbonyl (C=O) groups excluding carboxylic acids is 2. The van der Waals surface area contributed by atoms with Crippen LogP contribution in [-0.4, -0.2) is 61.4 Å². The molecule has 0 radical (unpaired) electrons. The number of benzene rings is 1. The van der Waals surface area contributed by atoms with Gasteiger partial charge in [0.25, 0.3) is 11.8 Å². The number of carbonyl (C=O) groups is 2. The molecule has 0 atom stereocenters. The molecule has 0 saturated carbocycles. The molecule has 2 rings (SSSR count). The van der Waals surface area contributed by atoms with Crippen LogP contribution in [0.25, 0.3) is 0 Å². The number of amides is 2. The number of hydrogen-bond acceptors (Lipinski definition) is 3. The van der Waals surface area contributed by atoms with E-state index in [0.717, 1.165) is 38.9 Å². The molecule has 23 heavy (non-hydrogen) atoms. The van der Waals surface area contributed by atoms with Crippen molar-refractivity contribution >= 4 is 11.8 Å². The maximum Gasteiger partial charge on any atom is 0.254 e. The van der Waals surface area contributed by atoms with Crippen LogP contribution < -0.4 is 5.32 Å². The SMILES string of the molecule is CCCN(C(=O)c1ccc(C(=O)N(C)C)cc1)C1CCNCC1. The van der Waals surface area contributed by atoms with Crippen LogP contribution in [0.15, 0.2) is 24.3 Å². The van der Waals surface area contributed by atoms with E-state index < -0.39 is 0 Å². The zero-order valence-corrected chi connectivity index (χ0v) is 14.3. The van der Waals surface area contributed by atoms with Gasteiger partial charge in [-0.2, -0.15) is 0 Å². The molecular formula is C18H27N3O2. The topological polar surface area (TPSA) is 52.7 Å². The Kier molecular flexibility index (Phi) is 6.16. The highest BCUT2D eigenvalue weighted by molar-refractivity contribution is 5.97. The predicted molar refractivity (Wildman–Crippen MR) is 91.7 cm³/mol. The molecule has 5 nitrogen and oxygen atoms in total. The zero-order chi connectivity index (χ0) is 16.8. The monoisotopic (exact) mass is 317 g/mol. The molecule has 1 aromatic carbocycles. The summed E-state index contributed by atoms with van der Waals surface area (Å²) in [5, 5.41) is 3.34. The molecule has 0 bridgehead atoms. The summed E-state index contributed by atoms with van der Waals surface area (Å²) < 4.78 is 0. The van der Waals surface area contributed by atoms with E-state index >= 15 is 0 Å². The highest BCUT2D eigenvalue weighted by Gasteiger charge is 2.25. The van der Waals surface area contributed by atoms with Gasteiger partial charge in [0.05, 0.1) is 0 Å². The molecule has 0 aromatic heterocycles. The molecule has 1 saturated heterocycles. The molecule has 1 aliphatic rings. The molecule has 2 amide bonds. The third-order valence-corrected chi connectivity index (χ3v) is 4.26. The molecule has 126 valence electrons. The lowest BCUT2D eigenvalue weighted by Crippen LogP contribution is -2.46. The van der Waals surface area contributed by atoms with E-state index in [0.29, 0.717) is 17.2 Å². The van der Waals surface area contributed by atoms with Gasteiger partial charge >= 0.3 is 0 Å². The van der Waals surface area contributed by atoms with E-state index in [4.69, 9.17) is 0 Å². The van der Waals surface area contributed by atoms with Gasteiger partial charge in [-0.25, -0.2) is 0 Å². The zero-order valence-electron chi connectivity index (χ0n) is 14.3. The highest BCUT2D eigenvalue weighted by Crippen LogP contribution is 2.17. The highest BCUT2D eigenvalue weighted by atomic mass is 16.2. The van der Waals surface area contributed by atoms with Gasteiger partial charge in [-0.1, -0.05) is 6.92 Å². The minimum absolute atomic E-state index is 0.0484. The smallest absolute Gasteiger partial charge is 0.254 e. The van der Waals surface area contributed by atoms with Crippen molar-refractivity contribution in [3.63, 3.8) is 0 Å². The summed E-state index contributed by atoms with van der Waals surface area (Å²) in [5.41, 5.74) is 1.27. The van der Waals surface area contributed by atoms with Gasteiger partial charge in [-0.15, -0.1) is 0 Å². The van der Waals surface area contributed by atoms with Crippen molar-refractivity contribution in [3.8, 4) is 0 Å². The summed E-state index contributed by atoms with van der Waals surface area (Å²) in [5.74, 6) is 0.0235. The van der Waals surface area contributed by atoms with E-state index in [-0.39, 0.29) is 11.8 Å². The predicted octanol–water partition coefficient (Wildman–Crippen LogP) is 1.99. The van der Waals surface area contributed by atoms with E-state index in [1.165, 1.54) is 4.90 Å². The molecule has 1 heterocycles. The summed E-state index contributed by atoms with van der Waals surface area (Å²) in [6.45, 7) is 4.81. The molecule has 1 aliphatic heterocycles. The maximum absolute atomic E-state index is 12.9. The van der Waals surface area contributed by atoms with Crippen LogP contribution in [0.5, 0.6) is 0 Å². The Balaban J connectivity index is 2.14. The van der Waals surface area contributed by atoms with E-state index in [1.807, 2.05) is 4.90 Å². The lowest BCUT2D eigenvalue weighted by molar-refractivity contribution is 0.0642. The standard InChI is InChI=1S/C18H27N3O2/c1-4-13-21(16-9-11-19-12-10-16)18(23)15-7-5-14(6-8-15)17(22)20(2)3/h5-8,16,19H,4,9-13H2,1-3H3. The van der Waals surface area contributed by atoms with Crippen LogP contribution in [-0.2, 0) is 0 Å². The first-order chi connectivity index (χ1) is 11.0. The van der Waals surface area contributed by atoms with Gasteiger partial charge in [-0.3, -0.25) is 9.59 Å². The van der Waals surface area contributed by atoms with Crippen LogP contribution in [0.4, 0.5) is 0 Å². The summed E-state index contributed by atoms with van der Waals surface area (Å²) in [7, 11) is 3.45. The third kappa shape index (κ3) is 4.32. The van der Waals surface area contributed by atoms with Crippen molar-refractivity contribution in [1.82, 2.24) is 15.1 Å². The van der Waals surface area contributed by atoms with Gasteiger partial charge in [0.2, 0.25) is 0 Å². The minimum Gasteiger partial charge on any atom is -0.345 e. The average molecular weight is 317 g/mol. The first-order valence-electron chi connectivity index (χ1n) is 8.38. The van der Waals surface area contributed by atoms with Crippen LogP contribution in [0.1, 0.15) is 46.9 Å². The number of hydrogen-bond donors (Lipinski definition) is 1. The van der Waals surface area contributed by atoms with Crippen LogP contribution in [0, 0.1) is 0 Å². The first kappa shape index (κ1) is 17.5. The van der Waals surface area contributed by atoms with Gasteiger partial charge < -0.3 is 15.1 Å². The van der Waals surface area contributed by atoms with Gasteiger partial charge in [0.1, 0.15) is 0 Å². The Morgan fingerprint density at radius 1 is 1.04 bits per heavy atom. The van der Waals surface area contributed by atoms with Crippen molar-refractivity contribution in [1.29, 1.82) is 0 Å². The largest absolute Gasteiger partial charge is 0.345 e. The fraction of sp³-hybridized carbons (Fsp3) is 0.556. The third-order valence-electron chi connectivity index (χ3n) is 4.26. The lowest BCUT2D eigenvalue weighted by atomic mass is 10.0. The average Bonchev–Trinajstić information content (AvgIpc) is 2.59. The summed E-state index contributed by atoms with van der Waals surface area (Å²) >= 11 is 0. The first-order valence-corrected chi connectivity index (χ1v) is 8.38. The minimum atomic E-state index is -0.0484. The second kappa shape index (κ2) is 8.11. The summed E-state index contributed by atoms with van der Waals surface area (Å²) in [6.07, 6.45) is 2.96. The molecule has 1 aromatic rings. The Morgan fingerprint density at radius 3 is 2.04 bits per heavy atom. The molecule has 1 N–H and O–H groups in total. The molecule has 0 aliphatic carbocycles. The fourth-order valence-electron chi connectivity index (χ4n) is 2.99. The van der Waals surface area contributed by atoms with Crippen LogP contribution >= 0.6 is 0 Å². The number of piperidine rings is 1. The van der Waals surface area contributed by atoms with E-state index in [2.05, 4.69) is 12.2 Å². The maximum atomic E-state index is 12.9. The number of rotatable bonds is 5. The Morgan fingerprint density at radius 2 is 1.57 bits per heavy atom.